The number of esters is 1. The van der Waals surface area contributed by atoms with Crippen LogP contribution in [0.1, 0.15) is 34.7 Å². The molecule has 0 aliphatic heterocycles. The second-order valence-corrected chi connectivity index (χ2v) is 11.6. The van der Waals surface area contributed by atoms with E-state index in [1.807, 2.05) is 0 Å². The van der Waals surface area contributed by atoms with Crippen molar-refractivity contribution in [3.63, 3.8) is 0 Å². The molecule has 3 aromatic rings. The average molecular weight is 505 g/mol. The third kappa shape index (κ3) is 4.80. The Balaban J connectivity index is 1.89. The van der Waals surface area contributed by atoms with Crippen molar-refractivity contribution in [3.8, 4) is 11.3 Å². The van der Waals surface area contributed by atoms with Gasteiger partial charge in [0, 0.05) is 18.0 Å². The number of methoxy groups -OCH3 is 1. The van der Waals surface area contributed by atoms with E-state index < -0.39 is 36.5 Å². The summed E-state index contributed by atoms with van der Waals surface area (Å²) in [6, 6.07) is 11.0. The molecule has 1 fully saturated rings. The van der Waals surface area contributed by atoms with Crippen molar-refractivity contribution in [3.05, 3.63) is 71.7 Å². The number of sulfone groups is 1. The van der Waals surface area contributed by atoms with E-state index in [0.29, 0.717) is 5.56 Å². The van der Waals surface area contributed by atoms with Crippen LogP contribution in [-0.2, 0) is 24.6 Å². The van der Waals surface area contributed by atoms with E-state index in [-0.39, 0.29) is 33.3 Å². The molecule has 8 nitrogen and oxygen atoms in total. The maximum absolute atomic E-state index is 14.7. The monoisotopic (exact) mass is 504 g/mol. The number of nitrogens with zero attached hydrogens (tertiary/aromatic N) is 1. The van der Waals surface area contributed by atoms with Crippen LogP contribution in [0.2, 0.25) is 0 Å². The first-order valence-corrected chi connectivity index (χ1v) is 13.6. The predicted molar refractivity (Wildman–Crippen MR) is 123 cm³/mol. The van der Waals surface area contributed by atoms with E-state index in [2.05, 4.69) is 9.71 Å². The van der Waals surface area contributed by atoms with Crippen molar-refractivity contribution in [1.29, 1.82) is 0 Å². The number of carbonyl (C=O) groups excluding carboxylic acids is 1. The van der Waals surface area contributed by atoms with E-state index in [1.165, 1.54) is 25.4 Å². The lowest BCUT2D eigenvalue weighted by Crippen LogP contribution is -2.17. The van der Waals surface area contributed by atoms with E-state index in [0.717, 1.165) is 31.2 Å². The van der Waals surface area contributed by atoms with Crippen LogP contribution in [0.5, 0.6) is 0 Å². The van der Waals surface area contributed by atoms with E-state index in [4.69, 9.17) is 4.74 Å². The van der Waals surface area contributed by atoms with Crippen LogP contribution in [0.25, 0.3) is 11.3 Å². The van der Waals surface area contributed by atoms with Crippen LogP contribution < -0.4 is 4.72 Å². The van der Waals surface area contributed by atoms with Gasteiger partial charge in [0.1, 0.15) is 10.7 Å². The topological polar surface area (TPSA) is 119 Å². The molecule has 34 heavy (non-hydrogen) atoms. The number of rotatable bonds is 7. The fraction of sp³-hybridized carbons (Fsp3) is 0.217. The molecule has 0 saturated heterocycles. The van der Waals surface area contributed by atoms with Gasteiger partial charge < -0.3 is 4.74 Å². The number of sulfonamides is 1. The molecule has 1 saturated carbocycles. The van der Waals surface area contributed by atoms with Gasteiger partial charge >= 0.3 is 5.97 Å². The summed E-state index contributed by atoms with van der Waals surface area (Å²) in [5.41, 5.74) is 0.722. The molecular weight excluding hydrogens is 483 g/mol. The molecule has 1 aromatic heterocycles. The van der Waals surface area contributed by atoms with E-state index >= 15 is 0 Å². The zero-order valence-electron chi connectivity index (χ0n) is 18.3. The van der Waals surface area contributed by atoms with Crippen molar-refractivity contribution in [1.82, 2.24) is 4.98 Å². The van der Waals surface area contributed by atoms with Gasteiger partial charge in [-0.2, -0.15) is 0 Å². The van der Waals surface area contributed by atoms with E-state index in [1.54, 1.807) is 24.3 Å². The smallest absolute Gasteiger partial charge is 0.337 e. The van der Waals surface area contributed by atoms with Crippen LogP contribution in [0.3, 0.4) is 0 Å². The Labute approximate surface area is 196 Å². The summed E-state index contributed by atoms with van der Waals surface area (Å²) in [6.07, 6.45) is 3.87. The van der Waals surface area contributed by atoms with Gasteiger partial charge in [0.05, 0.1) is 29.0 Å². The van der Waals surface area contributed by atoms with Crippen molar-refractivity contribution >= 4 is 31.5 Å². The second-order valence-electron chi connectivity index (χ2n) is 7.94. The standard InChI is InChI=1S/C23H21FN2O6S2/c1-32-23(27)15-8-9-16(14-6-7-14)21(11-15)34(30,31)26-20-13-22(33(2,28)29)18(24)12-17(20)19-5-3-4-10-25-19/h3-5,8-14,26H,6-7H2,1-2H3. The fourth-order valence-corrected chi connectivity index (χ4v) is 5.74. The van der Waals surface area contributed by atoms with Crippen LogP contribution >= 0.6 is 0 Å². The Hall–Kier alpha value is -3.31. The average Bonchev–Trinajstić information content (AvgIpc) is 3.64. The predicted octanol–water partition coefficient (Wildman–Crippen LogP) is 3.76. The Morgan fingerprint density at radius 1 is 1.06 bits per heavy atom. The number of pyridine rings is 1. The lowest BCUT2D eigenvalue weighted by atomic mass is 10.1. The van der Waals surface area contributed by atoms with Crippen LogP contribution in [0.4, 0.5) is 10.1 Å². The fourth-order valence-electron chi connectivity index (χ4n) is 3.60. The first-order chi connectivity index (χ1) is 16.0. The second kappa shape index (κ2) is 8.80. The van der Waals surface area contributed by atoms with Gasteiger partial charge in [-0.15, -0.1) is 0 Å². The van der Waals surface area contributed by atoms with Crippen LogP contribution in [0.15, 0.2) is 64.5 Å². The number of halogens is 1. The molecule has 0 amide bonds. The molecule has 0 atom stereocenters. The molecule has 0 spiro atoms. The molecule has 178 valence electrons. The number of nitrogens with one attached hydrogen (secondary N) is 1. The van der Waals surface area contributed by atoms with E-state index in [9.17, 15) is 26.0 Å². The summed E-state index contributed by atoms with van der Waals surface area (Å²) in [4.78, 5) is 15.4. The SMILES string of the molecule is COC(=O)c1ccc(C2CC2)c(S(=O)(=O)Nc2cc(S(C)(=O)=O)c(F)cc2-c2ccccn2)c1. The summed E-state index contributed by atoms with van der Waals surface area (Å²) in [5, 5.41) is 0. The number of ether oxygens (including phenoxy) is 1. The largest absolute Gasteiger partial charge is 0.465 e. The molecule has 1 N–H and O–H groups in total. The quantitative estimate of drug-likeness (QED) is 0.487. The normalized spacial score (nSPS) is 14.0. The first kappa shape index (κ1) is 23.8. The number of anilines is 1. The van der Waals surface area contributed by atoms with Crippen molar-refractivity contribution in [2.75, 3.05) is 18.1 Å². The molecule has 0 unspecified atom stereocenters. The van der Waals surface area contributed by atoms with Gasteiger partial charge in [-0.25, -0.2) is 26.0 Å². The number of carbonyl (C=O) groups is 1. The maximum atomic E-state index is 14.7. The summed E-state index contributed by atoms with van der Waals surface area (Å²) in [7, 11) is -7.13. The molecule has 2 aromatic carbocycles. The van der Waals surface area contributed by atoms with Gasteiger partial charge in [0.15, 0.2) is 9.84 Å². The summed E-state index contributed by atoms with van der Waals surface area (Å²) in [5.74, 6) is -1.71. The molecule has 0 radical (unpaired) electrons. The molecule has 1 aliphatic rings. The Bertz CT molecular complexity index is 1490. The molecule has 0 bridgehead atoms. The molecule has 1 heterocycles. The zero-order chi connectivity index (χ0) is 24.7. The van der Waals surface area contributed by atoms with Crippen molar-refractivity contribution in [2.24, 2.45) is 0 Å². The van der Waals surface area contributed by atoms with Crippen LogP contribution in [0, 0.1) is 5.82 Å². The van der Waals surface area contributed by atoms with Gasteiger partial charge in [0.2, 0.25) is 0 Å². The highest BCUT2D eigenvalue weighted by Gasteiger charge is 2.32. The third-order valence-corrected chi connectivity index (χ3v) is 7.93. The molecule has 4 rings (SSSR count). The Kier molecular flexibility index (Phi) is 6.17. The minimum Gasteiger partial charge on any atom is -0.465 e. The summed E-state index contributed by atoms with van der Waals surface area (Å²) in [6.45, 7) is 0. The number of benzene rings is 2. The zero-order valence-corrected chi connectivity index (χ0v) is 19.9. The molecule has 1 aliphatic carbocycles. The highest BCUT2D eigenvalue weighted by atomic mass is 32.2. The lowest BCUT2D eigenvalue weighted by Gasteiger charge is -2.17. The van der Waals surface area contributed by atoms with Crippen molar-refractivity contribution < 1.29 is 30.8 Å². The van der Waals surface area contributed by atoms with Gasteiger partial charge in [-0.05, 0) is 60.7 Å². The van der Waals surface area contributed by atoms with Gasteiger partial charge in [-0.3, -0.25) is 9.71 Å². The Morgan fingerprint density at radius 2 is 1.79 bits per heavy atom. The molecule has 11 heteroatoms. The van der Waals surface area contributed by atoms with Gasteiger partial charge in [0.25, 0.3) is 10.0 Å². The number of hydrogen-bond acceptors (Lipinski definition) is 7. The maximum Gasteiger partial charge on any atom is 0.337 e. The lowest BCUT2D eigenvalue weighted by molar-refractivity contribution is 0.0600. The number of aromatic nitrogens is 1. The summed E-state index contributed by atoms with van der Waals surface area (Å²) >= 11 is 0. The highest BCUT2D eigenvalue weighted by molar-refractivity contribution is 7.92. The van der Waals surface area contributed by atoms with Crippen LogP contribution in [-0.4, -0.2) is 41.2 Å². The highest BCUT2D eigenvalue weighted by Crippen LogP contribution is 2.44. The number of hydrogen-bond donors (Lipinski definition) is 1. The van der Waals surface area contributed by atoms with Crippen molar-refractivity contribution in [2.45, 2.75) is 28.6 Å². The summed E-state index contributed by atoms with van der Waals surface area (Å²) < 4.78 is 73.1. The minimum absolute atomic E-state index is 0.0216. The minimum atomic E-state index is -4.32. The third-order valence-electron chi connectivity index (χ3n) is 5.40. The first-order valence-electron chi connectivity index (χ1n) is 10.2. The Morgan fingerprint density at radius 3 is 2.38 bits per heavy atom. The van der Waals surface area contributed by atoms with Gasteiger partial charge in [-0.1, -0.05) is 12.1 Å². The molecular formula is C23H21FN2O6S2.